The minimum absolute atomic E-state index is 0.0797. The highest BCUT2D eigenvalue weighted by Gasteiger charge is 2.22. The normalized spacial score (nSPS) is 11.9. The zero-order valence-corrected chi connectivity index (χ0v) is 11.5. The Bertz CT molecular complexity index is 317. The van der Waals surface area contributed by atoms with Gasteiger partial charge in [-0.1, -0.05) is 0 Å². The molecule has 0 aromatic heterocycles. The molecule has 0 rings (SSSR count). The Morgan fingerprint density at radius 1 is 1.22 bits per heavy atom. The summed E-state index contributed by atoms with van der Waals surface area (Å²) in [6.45, 7) is 1.70. The first kappa shape index (κ1) is 16.4. The number of amides is 2. The van der Waals surface area contributed by atoms with Crippen molar-refractivity contribution in [3.63, 3.8) is 0 Å². The summed E-state index contributed by atoms with van der Waals surface area (Å²) in [5, 5.41) is 2.48. The molecule has 1 unspecified atom stereocenters. The second kappa shape index (κ2) is 7.65. The molecule has 0 radical (unpaired) electrons. The molecule has 18 heavy (non-hydrogen) atoms. The van der Waals surface area contributed by atoms with Gasteiger partial charge in [-0.05, 0) is 7.05 Å². The summed E-state index contributed by atoms with van der Waals surface area (Å²) in [5.74, 6) is -0.934. The SMILES string of the molecule is COC(=O)C(CN(C)CC(=O)N(C)C)NC(C)=O. The van der Waals surface area contributed by atoms with Gasteiger partial charge in [-0.15, -0.1) is 0 Å². The number of carbonyl (C=O) groups excluding carboxylic acids is 3. The molecule has 1 atom stereocenters. The molecule has 7 heteroatoms. The number of rotatable bonds is 6. The molecule has 1 N–H and O–H groups in total. The molecule has 0 bridgehead atoms. The van der Waals surface area contributed by atoms with Gasteiger partial charge in [-0.2, -0.15) is 0 Å². The largest absolute Gasteiger partial charge is 0.467 e. The summed E-state index contributed by atoms with van der Waals surface area (Å²) in [7, 11) is 6.25. The molecule has 7 nitrogen and oxygen atoms in total. The highest BCUT2D eigenvalue weighted by Crippen LogP contribution is 1.94. The molecular weight excluding hydrogens is 238 g/mol. The summed E-state index contributed by atoms with van der Waals surface area (Å²) in [6, 6.07) is -0.771. The molecule has 2 amide bonds. The van der Waals surface area contributed by atoms with Crippen LogP contribution in [-0.4, -0.2) is 75.0 Å². The molecule has 0 spiro atoms. The van der Waals surface area contributed by atoms with Gasteiger partial charge in [0, 0.05) is 27.6 Å². The van der Waals surface area contributed by atoms with E-state index in [0.29, 0.717) is 0 Å². The van der Waals surface area contributed by atoms with Crippen molar-refractivity contribution in [1.29, 1.82) is 0 Å². The van der Waals surface area contributed by atoms with Crippen LogP contribution in [0.3, 0.4) is 0 Å². The number of hydrogen-bond donors (Lipinski definition) is 1. The second-order valence-electron chi connectivity index (χ2n) is 4.26. The van der Waals surface area contributed by atoms with E-state index in [1.165, 1.54) is 18.9 Å². The van der Waals surface area contributed by atoms with Gasteiger partial charge < -0.3 is 15.0 Å². The molecule has 0 saturated heterocycles. The lowest BCUT2D eigenvalue weighted by Gasteiger charge is -2.23. The van der Waals surface area contributed by atoms with Crippen molar-refractivity contribution in [2.45, 2.75) is 13.0 Å². The molecular formula is C11H21N3O4. The molecule has 0 fully saturated rings. The van der Waals surface area contributed by atoms with Crippen LogP contribution in [0.2, 0.25) is 0 Å². The van der Waals surface area contributed by atoms with Crippen LogP contribution in [0.1, 0.15) is 6.92 Å². The van der Waals surface area contributed by atoms with Crippen LogP contribution < -0.4 is 5.32 Å². The van der Waals surface area contributed by atoms with Gasteiger partial charge >= 0.3 is 5.97 Å². The maximum Gasteiger partial charge on any atom is 0.329 e. The van der Waals surface area contributed by atoms with Crippen LogP contribution in [0.25, 0.3) is 0 Å². The predicted molar refractivity (Wildman–Crippen MR) is 65.8 cm³/mol. The van der Waals surface area contributed by atoms with Gasteiger partial charge in [-0.25, -0.2) is 4.79 Å². The first-order valence-corrected chi connectivity index (χ1v) is 5.51. The highest BCUT2D eigenvalue weighted by atomic mass is 16.5. The van der Waals surface area contributed by atoms with E-state index in [-0.39, 0.29) is 24.9 Å². The summed E-state index contributed by atoms with van der Waals surface area (Å²) >= 11 is 0. The van der Waals surface area contributed by atoms with Gasteiger partial charge in [0.15, 0.2) is 0 Å². The minimum atomic E-state index is -0.771. The van der Waals surface area contributed by atoms with Crippen LogP contribution in [0.15, 0.2) is 0 Å². The van der Waals surface area contributed by atoms with Crippen molar-refractivity contribution < 1.29 is 19.1 Å². The average Bonchev–Trinajstić information content (AvgIpc) is 2.26. The highest BCUT2D eigenvalue weighted by molar-refractivity contribution is 5.83. The van der Waals surface area contributed by atoms with E-state index >= 15 is 0 Å². The fourth-order valence-corrected chi connectivity index (χ4v) is 1.32. The van der Waals surface area contributed by atoms with Crippen LogP contribution in [0.4, 0.5) is 0 Å². The Morgan fingerprint density at radius 2 is 1.78 bits per heavy atom. The number of methoxy groups -OCH3 is 1. The van der Waals surface area contributed by atoms with Crippen molar-refractivity contribution in [2.24, 2.45) is 0 Å². The smallest absolute Gasteiger partial charge is 0.329 e. The maximum atomic E-state index is 11.5. The van der Waals surface area contributed by atoms with E-state index in [4.69, 9.17) is 0 Å². The third-order valence-corrected chi connectivity index (χ3v) is 2.26. The third kappa shape index (κ3) is 6.19. The number of ether oxygens (including phenoxy) is 1. The van der Waals surface area contributed by atoms with E-state index < -0.39 is 12.0 Å². The van der Waals surface area contributed by atoms with Crippen LogP contribution in [-0.2, 0) is 19.1 Å². The average molecular weight is 259 g/mol. The zero-order chi connectivity index (χ0) is 14.3. The molecule has 0 heterocycles. The van der Waals surface area contributed by atoms with Crippen molar-refractivity contribution in [1.82, 2.24) is 15.1 Å². The molecule has 104 valence electrons. The predicted octanol–water partition coefficient (Wildman–Crippen LogP) is -1.32. The lowest BCUT2D eigenvalue weighted by atomic mass is 10.2. The second-order valence-corrected chi connectivity index (χ2v) is 4.26. The summed E-state index contributed by atoms with van der Waals surface area (Å²) in [4.78, 5) is 37.0. The summed E-state index contributed by atoms with van der Waals surface area (Å²) in [5.41, 5.74) is 0. The molecule has 0 aliphatic heterocycles. The lowest BCUT2D eigenvalue weighted by Crippen LogP contribution is -2.49. The Labute approximate surface area is 107 Å². The Hall–Kier alpha value is -1.63. The fourth-order valence-electron chi connectivity index (χ4n) is 1.32. The number of esters is 1. The molecule has 0 aliphatic carbocycles. The quantitative estimate of drug-likeness (QED) is 0.599. The molecule has 0 aliphatic rings. The molecule has 0 aromatic rings. The van der Waals surface area contributed by atoms with Crippen LogP contribution in [0, 0.1) is 0 Å². The molecule has 0 saturated carbocycles. The fraction of sp³-hybridized carbons (Fsp3) is 0.727. The van der Waals surface area contributed by atoms with E-state index in [1.54, 1.807) is 26.0 Å². The van der Waals surface area contributed by atoms with Crippen LogP contribution >= 0.6 is 0 Å². The topological polar surface area (TPSA) is 79.0 Å². The number of nitrogens with zero attached hydrogens (tertiary/aromatic N) is 2. The Morgan fingerprint density at radius 3 is 2.17 bits per heavy atom. The van der Waals surface area contributed by atoms with Crippen molar-refractivity contribution >= 4 is 17.8 Å². The number of carbonyl (C=O) groups is 3. The first-order valence-electron chi connectivity index (χ1n) is 5.51. The van der Waals surface area contributed by atoms with E-state index in [0.717, 1.165) is 0 Å². The van der Waals surface area contributed by atoms with Crippen LogP contribution in [0.5, 0.6) is 0 Å². The van der Waals surface area contributed by atoms with Gasteiger partial charge in [0.2, 0.25) is 11.8 Å². The number of nitrogens with one attached hydrogen (secondary N) is 1. The zero-order valence-electron chi connectivity index (χ0n) is 11.5. The van der Waals surface area contributed by atoms with Gasteiger partial charge in [0.25, 0.3) is 0 Å². The summed E-state index contributed by atoms with van der Waals surface area (Å²) < 4.78 is 4.59. The van der Waals surface area contributed by atoms with Gasteiger partial charge in [0.1, 0.15) is 6.04 Å². The van der Waals surface area contributed by atoms with Crippen molar-refractivity contribution in [3.8, 4) is 0 Å². The lowest BCUT2D eigenvalue weighted by molar-refractivity contribution is -0.145. The van der Waals surface area contributed by atoms with E-state index in [2.05, 4.69) is 10.1 Å². The monoisotopic (exact) mass is 259 g/mol. The number of hydrogen-bond acceptors (Lipinski definition) is 5. The van der Waals surface area contributed by atoms with Gasteiger partial charge in [-0.3, -0.25) is 14.5 Å². The minimum Gasteiger partial charge on any atom is -0.467 e. The standard InChI is InChI=1S/C11H21N3O4/c1-8(15)12-9(11(17)18-5)6-14(4)7-10(16)13(2)3/h9H,6-7H2,1-5H3,(H,12,15). The summed E-state index contributed by atoms with van der Waals surface area (Å²) in [6.07, 6.45) is 0. The Kier molecular flexibility index (Phi) is 6.96. The van der Waals surface area contributed by atoms with Crippen molar-refractivity contribution in [2.75, 3.05) is 41.3 Å². The van der Waals surface area contributed by atoms with E-state index in [9.17, 15) is 14.4 Å². The third-order valence-electron chi connectivity index (χ3n) is 2.26. The Balaban J connectivity index is 4.43. The maximum absolute atomic E-state index is 11.5. The van der Waals surface area contributed by atoms with Gasteiger partial charge in [0.05, 0.1) is 13.7 Å². The van der Waals surface area contributed by atoms with Crippen molar-refractivity contribution in [3.05, 3.63) is 0 Å². The molecule has 0 aromatic carbocycles. The van der Waals surface area contributed by atoms with E-state index in [1.807, 2.05) is 0 Å². The number of likely N-dealkylation sites (N-methyl/N-ethyl adjacent to an activating group) is 2. The first-order chi connectivity index (χ1) is 8.27.